The van der Waals surface area contributed by atoms with Crippen molar-refractivity contribution in [1.29, 1.82) is 0 Å². The lowest BCUT2D eigenvalue weighted by Gasteiger charge is -2.31. The van der Waals surface area contributed by atoms with E-state index in [9.17, 15) is 14.2 Å². The summed E-state index contributed by atoms with van der Waals surface area (Å²) in [5.74, 6) is 0. The van der Waals surface area contributed by atoms with Crippen LogP contribution >= 0.6 is 7.44 Å². The quantitative estimate of drug-likeness (QED) is 0.0613. The zero-order valence-electron chi connectivity index (χ0n) is 28.2. The number of rotatable bonds is 13. The average Bonchev–Trinajstić information content (AvgIpc) is 3.10. The number of fused-ring (bicyclic) bond motifs is 2. The van der Waals surface area contributed by atoms with Crippen molar-refractivity contribution >= 4 is 58.5 Å². The summed E-state index contributed by atoms with van der Waals surface area (Å²) in [6.45, 7) is 11.6. The lowest BCUT2D eigenvalue weighted by atomic mass is 10.1. The van der Waals surface area contributed by atoms with Gasteiger partial charge in [-0.25, -0.2) is 19.1 Å². The SMILES string of the molecule is CCN(CC)c1ccc2cc(/C=N\N(C)P(=O)(c3ccccc3)N(C)/N=C/c3cc4ccc(N(CC)CC)cc4oc3=O)c(=O)oc2c1. The van der Waals surface area contributed by atoms with Crippen molar-refractivity contribution in [3.05, 3.63) is 111 Å². The fourth-order valence-electron chi connectivity index (χ4n) is 5.56. The number of hydrazone groups is 2. The van der Waals surface area contributed by atoms with Crippen LogP contribution in [0.4, 0.5) is 11.4 Å². The maximum absolute atomic E-state index is 14.8. The van der Waals surface area contributed by atoms with Gasteiger partial charge in [-0.2, -0.15) is 10.2 Å². The van der Waals surface area contributed by atoms with Gasteiger partial charge in [0.1, 0.15) is 11.2 Å². The maximum Gasteiger partial charge on any atom is 0.345 e. The highest BCUT2D eigenvalue weighted by Crippen LogP contribution is 2.50. The van der Waals surface area contributed by atoms with Crippen molar-refractivity contribution in [3.63, 3.8) is 0 Å². The van der Waals surface area contributed by atoms with Gasteiger partial charge in [0.15, 0.2) is 0 Å². The molecule has 2 heterocycles. The minimum Gasteiger partial charge on any atom is -0.422 e. The first-order valence-corrected chi connectivity index (χ1v) is 17.6. The Morgan fingerprint density at radius 3 is 1.44 bits per heavy atom. The molecule has 0 bridgehead atoms. The Bertz CT molecular complexity index is 1990. The molecule has 0 amide bonds. The number of benzene rings is 3. The van der Waals surface area contributed by atoms with Crippen molar-refractivity contribution < 1.29 is 13.4 Å². The molecule has 1 unspecified atom stereocenters. The van der Waals surface area contributed by atoms with Gasteiger partial charge in [0.2, 0.25) is 0 Å². The molecule has 0 N–H and O–H groups in total. The molecule has 48 heavy (non-hydrogen) atoms. The van der Waals surface area contributed by atoms with Crippen molar-refractivity contribution in [2.75, 3.05) is 50.1 Å². The molecule has 2 aromatic heterocycles. The number of hydrogen-bond donors (Lipinski definition) is 0. The number of nitrogens with zero attached hydrogens (tertiary/aromatic N) is 6. The van der Waals surface area contributed by atoms with Crippen molar-refractivity contribution in [1.82, 2.24) is 9.56 Å². The van der Waals surface area contributed by atoms with Crippen LogP contribution in [0.2, 0.25) is 0 Å². The van der Waals surface area contributed by atoms with Gasteiger partial charge >= 0.3 is 18.7 Å². The Hall–Kier alpha value is -5.15. The predicted molar refractivity (Wildman–Crippen MR) is 196 cm³/mol. The Balaban J connectivity index is 1.45. The molecular formula is C36H41N6O5P. The smallest absolute Gasteiger partial charge is 0.345 e. The molecule has 12 heteroatoms. The normalized spacial score (nSPS) is 13.0. The topological polar surface area (TPSA) is 115 Å². The molecule has 0 fully saturated rings. The molecule has 1 atom stereocenters. The molecule has 0 aliphatic rings. The Morgan fingerprint density at radius 2 is 1.04 bits per heavy atom. The summed E-state index contributed by atoms with van der Waals surface area (Å²) >= 11 is 0. The molecule has 0 saturated heterocycles. The lowest BCUT2D eigenvalue weighted by molar-refractivity contribution is 0.419. The molecule has 0 saturated carbocycles. The van der Waals surface area contributed by atoms with E-state index >= 15 is 0 Å². The molecule has 5 aromatic rings. The monoisotopic (exact) mass is 668 g/mol. The van der Waals surface area contributed by atoms with Gasteiger partial charge in [-0.05, 0) is 76.2 Å². The molecular weight excluding hydrogens is 627 g/mol. The molecule has 0 spiro atoms. The molecule has 0 radical (unpaired) electrons. The van der Waals surface area contributed by atoms with Crippen LogP contribution in [0.15, 0.2) is 107 Å². The second-order valence-corrected chi connectivity index (χ2v) is 13.9. The van der Waals surface area contributed by atoms with Gasteiger partial charge < -0.3 is 18.6 Å². The summed E-state index contributed by atoms with van der Waals surface area (Å²) in [4.78, 5) is 30.2. The molecule has 3 aromatic carbocycles. The first kappa shape index (κ1) is 34.2. The van der Waals surface area contributed by atoms with E-state index in [1.807, 2.05) is 42.5 Å². The minimum absolute atomic E-state index is 0.202. The van der Waals surface area contributed by atoms with E-state index in [0.717, 1.165) is 48.3 Å². The zero-order valence-corrected chi connectivity index (χ0v) is 29.1. The van der Waals surface area contributed by atoms with Gasteiger partial charge in [-0.15, -0.1) is 0 Å². The predicted octanol–water partition coefficient (Wildman–Crippen LogP) is 6.34. The van der Waals surface area contributed by atoms with E-state index in [0.29, 0.717) is 16.5 Å². The summed E-state index contributed by atoms with van der Waals surface area (Å²) in [5.41, 5.74) is 2.16. The fraction of sp³-hybridized carbons (Fsp3) is 0.278. The summed E-state index contributed by atoms with van der Waals surface area (Å²) in [6, 6.07) is 23.7. The minimum atomic E-state index is -3.71. The van der Waals surface area contributed by atoms with Crippen LogP contribution in [0.1, 0.15) is 38.8 Å². The van der Waals surface area contributed by atoms with Crippen LogP contribution < -0.4 is 26.4 Å². The number of hydrogen-bond acceptors (Lipinski definition) is 9. The summed E-state index contributed by atoms with van der Waals surface area (Å²) in [6.07, 6.45) is 2.67. The van der Waals surface area contributed by atoms with Crippen molar-refractivity contribution in [3.8, 4) is 0 Å². The van der Waals surface area contributed by atoms with Crippen molar-refractivity contribution in [2.24, 2.45) is 10.2 Å². The highest BCUT2D eigenvalue weighted by atomic mass is 31.2. The van der Waals surface area contributed by atoms with Crippen LogP contribution in [-0.2, 0) is 4.57 Å². The van der Waals surface area contributed by atoms with Crippen molar-refractivity contribution in [2.45, 2.75) is 27.7 Å². The molecule has 250 valence electrons. The Labute approximate surface area is 279 Å². The van der Waals surface area contributed by atoms with E-state index in [1.54, 1.807) is 50.5 Å². The highest BCUT2D eigenvalue weighted by molar-refractivity contribution is 7.66. The fourth-order valence-corrected chi connectivity index (χ4v) is 7.54. The molecule has 0 aliphatic carbocycles. The largest absolute Gasteiger partial charge is 0.422 e. The molecule has 11 nitrogen and oxygen atoms in total. The van der Waals surface area contributed by atoms with E-state index in [-0.39, 0.29) is 11.1 Å². The van der Waals surface area contributed by atoms with E-state index in [2.05, 4.69) is 47.7 Å². The first-order chi connectivity index (χ1) is 23.1. The third-order valence-electron chi connectivity index (χ3n) is 8.36. The second-order valence-electron chi connectivity index (χ2n) is 11.1. The van der Waals surface area contributed by atoms with Crippen LogP contribution in [-0.4, -0.2) is 62.3 Å². The van der Waals surface area contributed by atoms with Gasteiger partial charge in [0.25, 0.3) is 0 Å². The van der Waals surface area contributed by atoms with Crippen LogP contribution in [0.25, 0.3) is 21.9 Å². The lowest BCUT2D eigenvalue weighted by Crippen LogP contribution is -2.28. The maximum atomic E-state index is 14.8. The van der Waals surface area contributed by atoms with Crippen LogP contribution in [0, 0.1) is 0 Å². The van der Waals surface area contributed by atoms with E-state index in [1.165, 1.54) is 22.0 Å². The van der Waals surface area contributed by atoms with Gasteiger partial charge in [0, 0.05) is 74.6 Å². The first-order valence-electron chi connectivity index (χ1n) is 16.0. The zero-order chi connectivity index (χ0) is 34.4. The number of anilines is 2. The highest BCUT2D eigenvalue weighted by Gasteiger charge is 2.34. The third-order valence-corrected chi connectivity index (χ3v) is 11.1. The standard InChI is InChI=1S/C36H41N6O5P/c1-7-41(8-2)30-18-16-26-20-28(35(43)46-33(26)22-30)24-37-39(5)48(45,32-14-12-11-13-15-32)40(6)38-25-29-21-27-17-19-31(42(9-3)10-4)23-34(27)47-36(29)44/h11-25H,7-10H2,1-6H3/b37-24-,38-25+. The second kappa shape index (κ2) is 14.7. The van der Waals surface area contributed by atoms with Gasteiger partial charge in [-0.1, -0.05) is 18.2 Å². The summed E-state index contributed by atoms with van der Waals surface area (Å²) in [5, 5.41) is 10.8. The van der Waals surface area contributed by atoms with Crippen LogP contribution in [0.3, 0.4) is 0 Å². The summed E-state index contributed by atoms with van der Waals surface area (Å²) in [7, 11) is -0.612. The van der Waals surface area contributed by atoms with Crippen LogP contribution in [0.5, 0.6) is 0 Å². The van der Waals surface area contributed by atoms with Gasteiger partial charge in [0.05, 0.1) is 28.9 Å². The Kier molecular flexibility index (Phi) is 10.5. The Morgan fingerprint density at radius 1 is 0.625 bits per heavy atom. The van der Waals surface area contributed by atoms with E-state index < -0.39 is 18.7 Å². The van der Waals surface area contributed by atoms with Gasteiger partial charge in [-0.3, -0.25) is 4.57 Å². The average molecular weight is 669 g/mol. The molecule has 0 aliphatic heterocycles. The van der Waals surface area contributed by atoms with E-state index in [4.69, 9.17) is 8.83 Å². The molecule has 5 rings (SSSR count). The third kappa shape index (κ3) is 6.92. The summed E-state index contributed by atoms with van der Waals surface area (Å²) < 4.78 is 28.6.